The Morgan fingerprint density at radius 1 is 1.33 bits per heavy atom. The van der Waals surface area contributed by atoms with E-state index in [0.717, 1.165) is 32.0 Å². The fourth-order valence-electron chi connectivity index (χ4n) is 3.28. The molecule has 5 nitrogen and oxygen atoms in total. The molecule has 1 aromatic carbocycles. The first kappa shape index (κ1) is 18.8. The topological polar surface area (TPSA) is 61.8 Å². The van der Waals surface area contributed by atoms with Gasteiger partial charge in [0.1, 0.15) is 9.84 Å². The zero-order valence-corrected chi connectivity index (χ0v) is 15.7. The number of hydrogen-bond acceptors (Lipinski definition) is 3. The molecule has 24 heavy (non-hydrogen) atoms. The van der Waals surface area contributed by atoms with Crippen LogP contribution in [-0.4, -0.2) is 57.5 Å². The summed E-state index contributed by atoms with van der Waals surface area (Å²) in [6.07, 6.45) is 2.34. The number of rotatable bonds is 5. The molecule has 0 spiro atoms. The molecule has 0 amide bonds. The Kier molecular flexibility index (Phi) is 6.66. The summed E-state index contributed by atoms with van der Waals surface area (Å²) < 4.78 is 22.6. The maximum absolute atomic E-state index is 11.3. The molecule has 0 saturated carbocycles. The van der Waals surface area contributed by atoms with Gasteiger partial charge in [-0.05, 0) is 30.7 Å². The normalized spacial score (nSPS) is 22.5. The van der Waals surface area contributed by atoms with Crippen molar-refractivity contribution in [2.45, 2.75) is 26.2 Å². The summed E-state index contributed by atoms with van der Waals surface area (Å²) >= 11 is 0. The predicted octanol–water partition coefficient (Wildman–Crippen LogP) is 2.12. The van der Waals surface area contributed by atoms with Crippen molar-refractivity contribution in [1.29, 1.82) is 0 Å². The second-order valence-corrected chi connectivity index (χ2v) is 8.85. The van der Waals surface area contributed by atoms with E-state index in [4.69, 9.17) is 0 Å². The van der Waals surface area contributed by atoms with Crippen molar-refractivity contribution in [3.63, 3.8) is 0 Å². The molecule has 0 aliphatic carbocycles. The lowest BCUT2D eigenvalue weighted by molar-refractivity contribution is 0.234. The summed E-state index contributed by atoms with van der Waals surface area (Å²) in [5, 5.41) is 3.29. The Bertz CT molecular complexity index is 643. The second kappa shape index (κ2) is 8.51. The molecular formula is C18H29N3O2S. The highest BCUT2D eigenvalue weighted by atomic mass is 32.2. The Balaban J connectivity index is 2.02. The van der Waals surface area contributed by atoms with E-state index in [2.05, 4.69) is 52.5 Å². The molecule has 6 heteroatoms. The van der Waals surface area contributed by atoms with Crippen molar-refractivity contribution < 1.29 is 8.42 Å². The van der Waals surface area contributed by atoms with Gasteiger partial charge in [-0.2, -0.15) is 0 Å². The van der Waals surface area contributed by atoms with Crippen molar-refractivity contribution >= 4 is 15.8 Å². The van der Waals surface area contributed by atoms with Crippen LogP contribution in [0.5, 0.6) is 0 Å². The lowest BCUT2D eigenvalue weighted by Gasteiger charge is -2.39. The van der Waals surface area contributed by atoms with E-state index in [1.165, 1.54) is 11.8 Å². The maximum Gasteiger partial charge on any atom is 0.193 e. The molecule has 2 unspecified atom stereocenters. The van der Waals surface area contributed by atoms with Crippen LogP contribution in [-0.2, 0) is 9.84 Å². The molecule has 1 fully saturated rings. The van der Waals surface area contributed by atoms with Crippen molar-refractivity contribution in [2.75, 3.05) is 38.2 Å². The van der Waals surface area contributed by atoms with Crippen LogP contribution in [0.4, 0.5) is 0 Å². The highest BCUT2D eigenvalue weighted by Crippen LogP contribution is 2.32. The average molecular weight is 352 g/mol. The fraction of sp³-hybridized carbons (Fsp3) is 0.611. The highest BCUT2D eigenvalue weighted by Gasteiger charge is 2.28. The minimum Gasteiger partial charge on any atom is -0.357 e. The van der Waals surface area contributed by atoms with Crippen LogP contribution in [0.15, 0.2) is 35.3 Å². The van der Waals surface area contributed by atoms with Crippen LogP contribution in [0, 0.1) is 5.92 Å². The lowest BCUT2D eigenvalue weighted by Crippen LogP contribution is -2.48. The number of guanidine groups is 1. The van der Waals surface area contributed by atoms with Gasteiger partial charge in [-0.3, -0.25) is 4.99 Å². The van der Waals surface area contributed by atoms with Crippen molar-refractivity contribution in [2.24, 2.45) is 10.9 Å². The van der Waals surface area contributed by atoms with E-state index in [-0.39, 0.29) is 5.75 Å². The van der Waals surface area contributed by atoms with Gasteiger partial charge in [-0.15, -0.1) is 0 Å². The third-order valence-electron chi connectivity index (χ3n) is 4.49. The minimum atomic E-state index is -2.97. The molecule has 2 rings (SSSR count). The van der Waals surface area contributed by atoms with E-state index in [9.17, 15) is 8.42 Å². The summed E-state index contributed by atoms with van der Waals surface area (Å²) in [6.45, 7) is 7.29. The summed E-state index contributed by atoms with van der Waals surface area (Å²) in [7, 11) is -2.97. The highest BCUT2D eigenvalue weighted by molar-refractivity contribution is 7.90. The second-order valence-electron chi connectivity index (χ2n) is 6.59. The SMILES string of the molecule is CCNC(=NCCS(C)(=O)=O)N1CCC(c2ccccc2)C(C)C1. The summed E-state index contributed by atoms with van der Waals surface area (Å²) in [5.74, 6) is 2.03. The number of aliphatic imine (C=N–C) groups is 1. The quantitative estimate of drug-likeness (QED) is 0.652. The van der Waals surface area contributed by atoms with Gasteiger partial charge in [0.15, 0.2) is 5.96 Å². The average Bonchev–Trinajstić information content (AvgIpc) is 2.53. The first-order chi connectivity index (χ1) is 11.4. The zero-order chi connectivity index (χ0) is 17.6. The number of piperidine rings is 1. The van der Waals surface area contributed by atoms with Gasteiger partial charge in [0.25, 0.3) is 0 Å². The lowest BCUT2D eigenvalue weighted by atomic mass is 9.82. The molecule has 1 N–H and O–H groups in total. The van der Waals surface area contributed by atoms with Crippen LogP contribution in [0.1, 0.15) is 31.7 Å². The molecule has 1 aliphatic rings. The van der Waals surface area contributed by atoms with Crippen LogP contribution in [0.2, 0.25) is 0 Å². The molecule has 0 bridgehead atoms. The largest absolute Gasteiger partial charge is 0.357 e. The molecule has 0 aromatic heterocycles. The molecule has 134 valence electrons. The van der Waals surface area contributed by atoms with Gasteiger partial charge in [0.2, 0.25) is 0 Å². The van der Waals surface area contributed by atoms with Gasteiger partial charge in [0.05, 0.1) is 12.3 Å². The molecule has 0 radical (unpaired) electrons. The monoisotopic (exact) mass is 351 g/mol. The molecule has 1 heterocycles. The van der Waals surface area contributed by atoms with Crippen LogP contribution in [0.25, 0.3) is 0 Å². The van der Waals surface area contributed by atoms with E-state index in [0.29, 0.717) is 18.4 Å². The van der Waals surface area contributed by atoms with Gasteiger partial charge in [-0.25, -0.2) is 8.42 Å². The van der Waals surface area contributed by atoms with E-state index >= 15 is 0 Å². The smallest absolute Gasteiger partial charge is 0.193 e. The molecule has 1 aliphatic heterocycles. The van der Waals surface area contributed by atoms with Gasteiger partial charge in [-0.1, -0.05) is 37.3 Å². The summed E-state index contributed by atoms with van der Waals surface area (Å²) in [5.41, 5.74) is 1.41. The third-order valence-corrected chi connectivity index (χ3v) is 5.42. The van der Waals surface area contributed by atoms with Crippen molar-refractivity contribution in [3.05, 3.63) is 35.9 Å². The minimum absolute atomic E-state index is 0.0952. The standard InChI is InChI=1S/C18H29N3O2S/c1-4-19-18(20-11-13-24(3,22)23)21-12-10-17(15(2)14-21)16-8-6-5-7-9-16/h5-9,15,17H,4,10-14H2,1-3H3,(H,19,20). The maximum atomic E-state index is 11.3. The Morgan fingerprint density at radius 3 is 2.62 bits per heavy atom. The predicted molar refractivity (Wildman–Crippen MR) is 100 cm³/mol. The number of hydrogen-bond donors (Lipinski definition) is 1. The number of likely N-dealkylation sites (tertiary alicyclic amines) is 1. The Morgan fingerprint density at radius 2 is 2.04 bits per heavy atom. The van der Waals surface area contributed by atoms with E-state index in [1.54, 1.807) is 0 Å². The summed E-state index contributed by atoms with van der Waals surface area (Å²) in [4.78, 5) is 6.77. The first-order valence-corrected chi connectivity index (χ1v) is 10.7. The van der Waals surface area contributed by atoms with Crippen molar-refractivity contribution in [1.82, 2.24) is 10.2 Å². The molecular weight excluding hydrogens is 322 g/mol. The third kappa shape index (κ3) is 5.51. The van der Waals surface area contributed by atoms with Gasteiger partial charge < -0.3 is 10.2 Å². The fourth-order valence-corrected chi connectivity index (χ4v) is 3.70. The van der Waals surface area contributed by atoms with E-state index < -0.39 is 9.84 Å². The van der Waals surface area contributed by atoms with Crippen LogP contribution >= 0.6 is 0 Å². The molecule has 1 aromatic rings. The summed E-state index contributed by atoms with van der Waals surface area (Å²) in [6, 6.07) is 10.7. The molecule has 2 atom stereocenters. The Hall–Kier alpha value is -1.56. The van der Waals surface area contributed by atoms with Crippen molar-refractivity contribution in [3.8, 4) is 0 Å². The zero-order valence-electron chi connectivity index (χ0n) is 14.9. The Labute approximate surface area is 146 Å². The first-order valence-electron chi connectivity index (χ1n) is 8.66. The number of sulfone groups is 1. The number of benzene rings is 1. The molecule has 1 saturated heterocycles. The number of nitrogens with zero attached hydrogens (tertiary/aromatic N) is 2. The van der Waals surface area contributed by atoms with Crippen LogP contribution in [0.3, 0.4) is 0 Å². The van der Waals surface area contributed by atoms with Gasteiger partial charge >= 0.3 is 0 Å². The van der Waals surface area contributed by atoms with E-state index in [1.807, 2.05) is 6.92 Å². The number of nitrogens with one attached hydrogen (secondary N) is 1. The van der Waals surface area contributed by atoms with Gasteiger partial charge in [0, 0.05) is 25.9 Å². The van der Waals surface area contributed by atoms with Crippen LogP contribution < -0.4 is 5.32 Å².